The molecule has 0 aromatic carbocycles. The first-order chi connectivity index (χ1) is 4.09. The SMILES string of the molecule is C/C=C(\C)[C](=[Cr])N(C)C. The molecule has 0 fully saturated rings. The molecule has 0 saturated carbocycles. The summed E-state index contributed by atoms with van der Waals surface area (Å²) < 4.78 is 1.21. The fourth-order valence-corrected chi connectivity index (χ4v) is 0.660. The quantitative estimate of drug-likeness (QED) is 0.591. The number of likely N-dealkylation sites (N-methyl/N-ethyl adjacent to an activating group) is 1. The van der Waals surface area contributed by atoms with E-state index >= 15 is 0 Å². The van der Waals surface area contributed by atoms with Crippen LogP contribution >= 0.6 is 0 Å². The Morgan fingerprint density at radius 3 is 2.00 bits per heavy atom. The van der Waals surface area contributed by atoms with Crippen molar-refractivity contribution >= 4 is 4.50 Å². The van der Waals surface area contributed by atoms with Crippen LogP contribution in [0.2, 0.25) is 0 Å². The van der Waals surface area contributed by atoms with Crippen LogP contribution in [0.15, 0.2) is 11.6 Å². The molecule has 0 aromatic heterocycles. The molecule has 1 nitrogen and oxygen atoms in total. The van der Waals surface area contributed by atoms with Gasteiger partial charge in [0.25, 0.3) is 0 Å². The summed E-state index contributed by atoms with van der Waals surface area (Å²) in [5.74, 6) is 0. The van der Waals surface area contributed by atoms with Gasteiger partial charge in [-0.05, 0) is 0 Å². The van der Waals surface area contributed by atoms with E-state index in [2.05, 4.69) is 33.8 Å². The fourth-order valence-electron chi connectivity index (χ4n) is 0.476. The number of hydrogen-bond donors (Lipinski definition) is 0. The molecule has 0 N–H and O–H groups in total. The van der Waals surface area contributed by atoms with Crippen LogP contribution < -0.4 is 0 Å². The van der Waals surface area contributed by atoms with Gasteiger partial charge in [0.2, 0.25) is 0 Å². The maximum absolute atomic E-state index is 3.00. The van der Waals surface area contributed by atoms with Crippen LogP contribution in [0.1, 0.15) is 13.8 Å². The van der Waals surface area contributed by atoms with Crippen molar-refractivity contribution in [2.75, 3.05) is 14.1 Å². The maximum atomic E-state index is 3.00. The van der Waals surface area contributed by atoms with Crippen LogP contribution in [0.25, 0.3) is 0 Å². The van der Waals surface area contributed by atoms with Crippen molar-refractivity contribution < 1.29 is 15.9 Å². The zero-order valence-electron chi connectivity index (χ0n) is 6.43. The van der Waals surface area contributed by atoms with Gasteiger partial charge in [0.05, 0.1) is 0 Å². The first kappa shape index (κ1) is 9.10. The van der Waals surface area contributed by atoms with Crippen LogP contribution in [0, 0.1) is 0 Å². The number of rotatable bonds is 2. The van der Waals surface area contributed by atoms with Crippen molar-refractivity contribution in [3.63, 3.8) is 0 Å². The molecule has 2 heteroatoms. The van der Waals surface area contributed by atoms with E-state index in [0.29, 0.717) is 0 Å². The van der Waals surface area contributed by atoms with Gasteiger partial charge < -0.3 is 0 Å². The Hall–Kier alpha value is 0.102. The van der Waals surface area contributed by atoms with Crippen molar-refractivity contribution in [1.29, 1.82) is 0 Å². The van der Waals surface area contributed by atoms with Gasteiger partial charge in [0.15, 0.2) is 0 Å². The average molecular weight is 163 g/mol. The van der Waals surface area contributed by atoms with Crippen molar-refractivity contribution in [3.8, 4) is 0 Å². The molecule has 0 radical (unpaired) electrons. The molecule has 0 unspecified atom stereocenters. The van der Waals surface area contributed by atoms with Gasteiger partial charge in [-0.15, -0.1) is 0 Å². The van der Waals surface area contributed by atoms with E-state index in [0.717, 1.165) is 0 Å². The summed E-state index contributed by atoms with van der Waals surface area (Å²) in [7, 11) is 4.05. The second-order valence-corrected chi connectivity index (χ2v) is 2.78. The summed E-state index contributed by atoms with van der Waals surface area (Å²) in [6.07, 6.45) is 2.09. The van der Waals surface area contributed by atoms with Crippen LogP contribution in [-0.2, 0) is 15.9 Å². The molecule has 0 spiro atoms. The molecule has 0 aliphatic heterocycles. The van der Waals surface area contributed by atoms with Crippen molar-refractivity contribution in [2.24, 2.45) is 0 Å². The van der Waals surface area contributed by atoms with Crippen molar-refractivity contribution in [2.45, 2.75) is 13.8 Å². The summed E-state index contributed by atoms with van der Waals surface area (Å²) in [4.78, 5) is 2.06. The Kier molecular flexibility index (Phi) is 4.05. The molecule has 0 amide bonds. The standard InChI is InChI=1S/C7H13N.Cr/c1-5-7(2)6-8(3)4;/h5H,1-4H3;/b7-5+;. The molecular formula is C7H13CrN. The van der Waals surface area contributed by atoms with Crippen molar-refractivity contribution in [1.82, 2.24) is 4.90 Å². The first-order valence-electron chi connectivity index (χ1n) is 2.94. The molecule has 52 valence electrons. The third-order valence-electron chi connectivity index (χ3n) is 1.18. The molecule has 0 aromatic rings. The van der Waals surface area contributed by atoms with Gasteiger partial charge in [0.1, 0.15) is 0 Å². The topological polar surface area (TPSA) is 3.24 Å². The minimum absolute atomic E-state index is 1.21. The van der Waals surface area contributed by atoms with E-state index in [4.69, 9.17) is 0 Å². The number of nitrogens with zero attached hydrogens (tertiary/aromatic N) is 1. The molecule has 0 atom stereocenters. The van der Waals surface area contributed by atoms with E-state index in [1.807, 2.05) is 21.0 Å². The van der Waals surface area contributed by atoms with Gasteiger partial charge in [-0.2, -0.15) is 0 Å². The summed E-state index contributed by atoms with van der Waals surface area (Å²) in [5.41, 5.74) is 1.29. The van der Waals surface area contributed by atoms with E-state index in [1.54, 1.807) is 0 Å². The van der Waals surface area contributed by atoms with Gasteiger partial charge >= 0.3 is 64.8 Å². The third-order valence-corrected chi connectivity index (χ3v) is 2.25. The zero-order chi connectivity index (χ0) is 7.44. The van der Waals surface area contributed by atoms with Gasteiger partial charge in [-0.1, -0.05) is 0 Å². The van der Waals surface area contributed by atoms with Gasteiger partial charge in [-0.3, -0.25) is 0 Å². The molecular weight excluding hydrogens is 150 g/mol. The zero-order valence-corrected chi connectivity index (χ0v) is 7.71. The van der Waals surface area contributed by atoms with Crippen LogP contribution in [0.4, 0.5) is 0 Å². The summed E-state index contributed by atoms with van der Waals surface area (Å²) in [5, 5.41) is 0. The van der Waals surface area contributed by atoms with E-state index < -0.39 is 0 Å². The molecule has 0 aliphatic carbocycles. The Labute approximate surface area is 65.3 Å². The van der Waals surface area contributed by atoms with Crippen LogP contribution in [0.3, 0.4) is 0 Å². The van der Waals surface area contributed by atoms with Crippen molar-refractivity contribution in [3.05, 3.63) is 11.6 Å². The molecule has 0 rings (SSSR count). The Bertz CT molecular complexity index is 136. The molecule has 9 heavy (non-hydrogen) atoms. The van der Waals surface area contributed by atoms with E-state index in [1.165, 1.54) is 10.1 Å². The van der Waals surface area contributed by atoms with Crippen LogP contribution in [0.5, 0.6) is 0 Å². The van der Waals surface area contributed by atoms with Gasteiger partial charge in [-0.25, -0.2) is 0 Å². The van der Waals surface area contributed by atoms with Crippen LogP contribution in [-0.4, -0.2) is 23.5 Å². The van der Waals surface area contributed by atoms with Gasteiger partial charge in [0, 0.05) is 0 Å². The second kappa shape index (κ2) is 4.00. The monoisotopic (exact) mass is 163 g/mol. The summed E-state index contributed by atoms with van der Waals surface area (Å²) in [6, 6.07) is 0. The third kappa shape index (κ3) is 2.96. The fraction of sp³-hybridized carbons (Fsp3) is 0.571. The second-order valence-electron chi connectivity index (χ2n) is 2.17. The van der Waals surface area contributed by atoms with E-state index in [-0.39, 0.29) is 0 Å². The predicted octanol–water partition coefficient (Wildman–Crippen LogP) is 1.19. The number of hydrogen-bond acceptors (Lipinski definition) is 1. The Morgan fingerprint density at radius 2 is 1.89 bits per heavy atom. The number of allylic oxidation sites excluding steroid dienone is 1. The minimum atomic E-state index is 1.21. The molecule has 0 heterocycles. The summed E-state index contributed by atoms with van der Waals surface area (Å²) in [6.45, 7) is 4.13. The predicted molar refractivity (Wildman–Crippen MR) is 38.1 cm³/mol. The summed E-state index contributed by atoms with van der Waals surface area (Å²) >= 11 is 3.00. The Morgan fingerprint density at radius 1 is 1.44 bits per heavy atom. The molecule has 0 saturated heterocycles. The molecule has 0 bridgehead atoms. The molecule has 0 aliphatic rings. The van der Waals surface area contributed by atoms with E-state index in [9.17, 15) is 0 Å². The first-order valence-corrected chi connectivity index (χ1v) is 3.58. The normalized spacial score (nSPS) is 12.3. The average Bonchev–Trinajstić information content (AvgIpc) is 1.84. The Balaban J connectivity index is 4.06.